The first-order valence-electron chi connectivity index (χ1n) is 4.31. The number of alkyl halides is 3. The third-order valence-electron chi connectivity index (χ3n) is 1.65. The van der Waals surface area contributed by atoms with Gasteiger partial charge in [0.2, 0.25) is 0 Å². The van der Waals surface area contributed by atoms with Crippen molar-refractivity contribution in [3.63, 3.8) is 0 Å². The number of aromatic hydroxyl groups is 2. The number of carbonyl (C=O) groups is 1. The van der Waals surface area contributed by atoms with Crippen LogP contribution in [0.15, 0.2) is 18.2 Å². The zero-order chi connectivity index (χ0) is 13.1. The van der Waals surface area contributed by atoms with Crippen molar-refractivity contribution in [2.45, 2.75) is 6.18 Å². The van der Waals surface area contributed by atoms with E-state index in [-0.39, 0.29) is 0 Å². The zero-order valence-electron chi connectivity index (χ0n) is 8.28. The summed E-state index contributed by atoms with van der Waals surface area (Å²) in [6.07, 6.45) is -4.59. The predicted octanol–water partition coefficient (Wildman–Crippen LogP) is 1.32. The number of hydrogen-bond acceptors (Lipinski definition) is 4. The van der Waals surface area contributed by atoms with Crippen LogP contribution in [0.2, 0.25) is 0 Å². The lowest BCUT2D eigenvalue weighted by Gasteiger charge is -2.09. The molecule has 0 fully saturated rings. The zero-order valence-corrected chi connectivity index (χ0v) is 8.28. The van der Waals surface area contributed by atoms with E-state index < -0.39 is 35.8 Å². The van der Waals surface area contributed by atoms with Gasteiger partial charge in [-0.3, -0.25) is 9.63 Å². The maximum absolute atomic E-state index is 11.7. The fraction of sp³-hybridized carbons (Fsp3) is 0.222. The van der Waals surface area contributed by atoms with Crippen molar-refractivity contribution in [2.75, 3.05) is 6.61 Å². The lowest BCUT2D eigenvalue weighted by molar-refractivity contribution is -0.184. The van der Waals surface area contributed by atoms with Crippen LogP contribution in [0, 0.1) is 0 Å². The summed E-state index contributed by atoms with van der Waals surface area (Å²) >= 11 is 0. The molecule has 8 heteroatoms. The number of halogens is 3. The molecule has 0 aliphatic heterocycles. The Morgan fingerprint density at radius 3 is 2.29 bits per heavy atom. The SMILES string of the molecule is O=C(NOCC(F)(F)F)c1c(O)cccc1O. The molecule has 1 aromatic rings. The summed E-state index contributed by atoms with van der Waals surface area (Å²) in [5, 5.41) is 18.4. The van der Waals surface area contributed by atoms with Crippen molar-refractivity contribution >= 4 is 5.91 Å². The van der Waals surface area contributed by atoms with E-state index in [1.807, 2.05) is 0 Å². The van der Waals surface area contributed by atoms with E-state index in [9.17, 15) is 28.2 Å². The van der Waals surface area contributed by atoms with Crippen LogP contribution in [0.4, 0.5) is 13.2 Å². The Bertz CT molecular complexity index is 399. The van der Waals surface area contributed by atoms with Crippen molar-refractivity contribution in [1.82, 2.24) is 5.48 Å². The van der Waals surface area contributed by atoms with Gasteiger partial charge in [-0.2, -0.15) is 13.2 Å². The number of rotatable bonds is 3. The molecule has 1 rings (SSSR count). The summed E-state index contributed by atoms with van der Waals surface area (Å²) in [5.74, 6) is -2.32. The highest BCUT2D eigenvalue weighted by Gasteiger charge is 2.28. The van der Waals surface area contributed by atoms with Crippen molar-refractivity contribution in [1.29, 1.82) is 0 Å². The average Bonchev–Trinajstić information content (AvgIpc) is 2.15. The third kappa shape index (κ3) is 3.83. The van der Waals surface area contributed by atoms with Gasteiger partial charge in [-0.25, -0.2) is 5.48 Å². The molecule has 0 atom stereocenters. The van der Waals surface area contributed by atoms with E-state index in [0.29, 0.717) is 0 Å². The number of nitrogens with one attached hydrogen (secondary N) is 1. The van der Waals surface area contributed by atoms with Crippen molar-refractivity contribution < 1.29 is 33.0 Å². The van der Waals surface area contributed by atoms with Gasteiger partial charge < -0.3 is 10.2 Å². The second-order valence-corrected chi connectivity index (χ2v) is 3.01. The maximum Gasteiger partial charge on any atom is 0.414 e. The molecule has 1 amide bonds. The number of phenolic OH excluding ortho intramolecular Hbond substituents is 2. The summed E-state index contributed by atoms with van der Waals surface area (Å²) in [7, 11) is 0. The summed E-state index contributed by atoms with van der Waals surface area (Å²) in [6.45, 7) is -1.67. The van der Waals surface area contributed by atoms with E-state index in [2.05, 4.69) is 4.84 Å². The largest absolute Gasteiger partial charge is 0.507 e. The van der Waals surface area contributed by atoms with Crippen LogP contribution in [-0.4, -0.2) is 28.9 Å². The number of hydrogen-bond donors (Lipinski definition) is 3. The van der Waals surface area contributed by atoms with Gasteiger partial charge in [0, 0.05) is 0 Å². The highest BCUT2D eigenvalue weighted by molar-refractivity contribution is 5.98. The van der Waals surface area contributed by atoms with Crippen molar-refractivity contribution in [3.05, 3.63) is 23.8 Å². The van der Waals surface area contributed by atoms with Crippen LogP contribution < -0.4 is 5.48 Å². The highest BCUT2D eigenvalue weighted by Crippen LogP contribution is 2.25. The third-order valence-corrected chi connectivity index (χ3v) is 1.65. The van der Waals surface area contributed by atoms with Gasteiger partial charge in [0.25, 0.3) is 5.91 Å². The molecule has 1 aromatic carbocycles. The number of hydroxylamine groups is 1. The standard InChI is InChI=1S/C9H8F3NO4/c10-9(11,12)4-17-13-8(16)7-5(14)2-1-3-6(7)15/h1-3,14-15H,4H2,(H,13,16). The van der Waals surface area contributed by atoms with E-state index >= 15 is 0 Å². The number of amides is 1. The maximum atomic E-state index is 11.7. The van der Waals surface area contributed by atoms with Crippen LogP contribution in [0.1, 0.15) is 10.4 Å². The molecular weight excluding hydrogens is 243 g/mol. The molecule has 0 aromatic heterocycles. The van der Waals surface area contributed by atoms with Crippen molar-refractivity contribution in [3.8, 4) is 11.5 Å². The molecule has 5 nitrogen and oxygen atoms in total. The summed E-state index contributed by atoms with van der Waals surface area (Å²) in [5.41, 5.74) is 0.898. The fourth-order valence-corrected chi connectivity index (χ4v) is 0.995. The molecule has 0 aliphatic rings. The highest BCUT2D eigenvalue weighted by atomic mass is 19.4. The lowest BCUT2D eigenvalue weighted by Crippen LogP contribution is -2.29. The summed E-state index contributed by atoms with van der Waals surface area (Å²) in [6, 6.07) is 3.45. The van der Waals surface area contributed by atoms with Gasteiger partial charge >= 0.3 is 6.18 Å². The second kappa shape index (κ2) is 4.91. The van der Waals surface area contributed by atoms with Crippen LogP contribution in [0.3, 0.4) is 0 Å². The molecule has 0 heterocycles. The monoisotopic (exact) mass is 251 g/mol. The van der Waals surface area contributed by atoms with E-state index in [1.54, 1.807) is 0 Å². The van der Waals surface area contributed by atoms with Crippen LogP contribution in [0.5, 0.6) is 11.5 Å². The average molecular weight is 251 g/mol. The van der Waals surface area contributed by atoms with Crippen LogP contribution >= 0.6 is 0 Å². The van der Waals surface area contributed by atoms with Gasteiger partial charge in [0.1, 0.15) is 17.1 Å². The molecule has 0 spiro atoms. The quantitative estimate of drug-likeness (QED) is 0.708. The molecule has 0 aliphatic carbocycles. The van der Waals surface area contributed by atoms with E-state index in [0.717, 1.165) is 12.1 Å². The molecule has 94 valence electrons. The minimum atomic E-state index is -4.59. The Balaban J connectivity index is 2.65. The normalized spacial score (nSPS) is 11.2. The Kier molecular flexibility index (Phi) is 3.79. The molecule has 0 radical (unpaired) electrons. The first-order valence-corrected chi connectivity index (χ1v) is 4.31. The molecular formula is C9H8F3NO4. The minimum Gasteiger partial charge on any atom is -0.507 e. The summed E-state index contributed by atoms with van der Waals surface area (Å²) in [4.78, 5) is 15.1. The minimum absolute atomic E-state index is 0.560. The van der Waals surface area contributed by atoms with Crippen LogP contribution in [0.25, 0.3) is 0 Å². The van der Waals surface area contributed by atoms with Gasteiger partial charge in [-0.1, -0.05) is 6.07 Å². The Hall–Kier alpha value is -1.96. The van der Waals surface area contributed by atoms with Crippen LogP contribution in [-0.2, 0) is 4.84 Å². The van der Waals surface area contributed by atoms with Gasteiger partial charge in [0.05, 0.1) is 0 Å². The van der Waals surface area contributed by atoms with Gasteiger partial charge in [0.15, 0.2) is 6.61 Å². The molecule has 0 saturated carbocycles. The lowest BCUT2D eigenvalue weighted by atomic mass is 10.1. The molecule has 17 heavy (non-hydrogen) atoms. The molecule has 0 saturated heterocycles. The smallest absolute Gasteiger partial charge is 0.414 e. The van der Waals surface area contributed by atoms with Gasteiger partial charge in [-0.15, -0.1) is 0 Å². The molecule has 0 unspecified atom stereocenters. The first-order chi connectivity index (χ1) is 7.81. The Labute approximate surface area is 93.4 Å². The fourth-order valence-electron chi connectivity index (χ4n) is 0.995. The van der Waals surface area contributed by atoms with Crippen molar-refractivity contribution in [2.24, 2.45) is 0 Å². The number of phenols is 2. The Morgan fingerprint density at radius 1 is 1.29 bits per heavy atom. The first kappa shape index (κ1) is 13.1. The van der Waals surface area contributed by atoms with E-state index in [4.69, 9.17) is 0 Å². The van der Waals surface area contributed by atoms with Gasteiger partial charge in [-0.05, 0) is 12.1 Å². The Morgan fingerprint density at radius 2 is 1.82 bits per heavy atom. The topological polar surface area (TPSA) is 78.8 Å². The molecule has 0 bridgehead atoms. The second-order valence-electron chi connectivity index (χ2n) is 3.01. The number of carbonyl (C=O) groups excluding carboxylic acids is 1. The summed E-state index contributed by atoms with van der Waals surface area (Å²) < 4.78 is 35.1. The molecule has 3 N–H and O–H groups in total. The predicted molar refractivity (Wildman–Crippen MR) is 49.2 cm³/mol. The number of benzene rings is 1. The van der Waals surface area contributed by atoms with E-state index in [1.165, 1.54) is 11.5 Å².